The third kappa shape index (κ3) is 2.32. The molecule has 0 unspecified atom stereocenters. The van der Waals surface area contributed by atoms with E-state index in [1.807, 2.05) is 11.8 Å². The predicted octanol–water partition coefficient (Wildman–Crippen LogP) is 3.69. The molecule has 118 valence electrons. The van der Waals surface area contributed by atoms with Crippen LogP contribution < -0.4 is 8.64 Å². The Kier molecular flexibility index (Phi) is 3.82. The second-order valence-electron chi connectivity index (χ2n) is 6.87. The molecule has 2 aromatic carbocycles. The molecule has 2 aromatic rings. The quantitative estimate of drug-likeness (QED) is 0.793. The summed E-state index contributed by atoms with van der Waals surface area (Å²) in [6, 6.07) is 16.3. The van der Waals surface area contributed by atoms with Gasteiger partial charge in [0.05, 0.1) is 0 Å². The van der Waals surface area contributed by atoms with E-state index in [0.717, 1.165) is 18.7 Å². The molecule has 3 heteroatoms. The SMILES string of the molecule is CCc1ccc(C[C]2=Cc3c4ccc[c]3[In]2/[C]4=C2/CSCN2)cc1. The van der Waals surface area contributed by atoms with Gasteiger partial charge in [-0.3, -0.25) is 0 Å². The van der Waals surface area contributed by atoms with Gasteiger partial charge < -0.3 is 0 Å². The topological polar surface area (TPSA) is 12.0 Å². The second kappa shape index (κ2) is 6.03. The van der Waals surface area contributed by atoms with Crippen LogP contribution in [0.3, 0.4) is 0 Å². The van der Waals surface area contributed by atoms with Crippen molar-refractivity contribution in [3.05, 3.63) is 73.7 Å². The van der Waals surface area contributed by atoms with Crippen molar-refractivity contribution in [3.63, 3.8) is 0 Å². The summed E-state index contributed by atoms with van der Waals surface area (Å²) in [5.41, 5.74) is 7.60. The van der Waals surface area contributed by atoms with Gasteiger partial charge in [-0.1, -0.05) is 0 Å². The van der Waals surface area contributed by atoms with Gasteiger partial charge in [0.1, 0.15) is 0 Å². The molecule has 0 saturated carbocycles. The molecule has 1 nitrogen and oxygen atoms in total. The summed E-state index contributed by atoms with van der Waals surface area (Å²) in [6.45, 7) is 2.22. The number of rotatable bonds is 3. The predicted molar refractivity (Wildman–Crippen MR) is 107 cm³/mol. The summed E-state index contributed by atoms with van der Waals surface area (Å²) in [6.07, 6.45) is 4.83. The van der Waals surface area contributed by atoms with Crippen molar-refractivity contribution in [2.45, 2.75) is 19.8 Å². The number of aryl methyl sites for hydroxylation is 1. The molecule has 3 aliphatic rings. The minimum atomic E-state index is -2.03. The molecule has 0 amide bonds. The Labute approximate surface area is 155 Å². The second-order valence-corrected chi connectivity index (χ2v) is 15.9. The van der Waals surface area contributed by atoms with Crippen LogP contribution in [0, 0.1) is 0 Å². The third-order valence-electron chi connectivity index (χ3n) is 5.53. The molecule has 0 radical (unpaired) electrons. The molecule has 3 aliphatic heterocycles. The van der Waals surface area contributed by atoms with Gasteiger partial charge in [0, 0.05) is 0 Å². The van der Waals surface area contributed by atoms with E-state index in [9.17, 15) is 0 Å². The summed E-state index contributed by atoms with van der Waals surface area (Å²) in [4.78, 5) is 0. The third-order valence-corrected chi connectivity index (χ3v) is 16.3. The van der Waals surface area contributed by atoms with Gasteiger partial charge >= 0.3 is 156 Å². The minimum absolute atomic E-state index is 1.08. The van der Waals surface area contributed by atoms with Gasteiger partial charge in [-0.25, -0.2) is 0 Å². The molecule has 5 rings (SSSR count). The fraction of sp³-hybridized carbons (Fsp3) is 0.238. The van der Waals surface area contributed by atoms with Crippen molar-refractivity contribution in [2.24, 2.45) is 0 Å². The molecule has 3 heterocycles. The van der Waals surface area contributed by atoms with Crippen LogP contribution in [0.2, 0.25) is 0 Å². The Morgan fingerprint density at radius 1 is 1.08 bits per heavy atom. The van der Waals surface area contributed by atoms with Crippen molar-refractivity contribution < 1.29 is 0 Å². The summed E-state index contributed by atoms with van der Waals surface area (Å²) in [7, 11) is 0. The van der Waals surface area contributed by atoms with Gasteiger partial charge in [-0.2, -0.15) is 0 Å². The molecule has 24 heavy (non-hydrogen) atoms. The molecular weight excluding hydrogens is 413 g/mol. The summed E-state index contributed by atoms with van der Waals surface area (Å²) < 4.78 is 5.27. The van der Waals surface area contributed by atoms with E-state index in [4.69, 9.17) is 0 Å². The van der Waals surface area contributed by atoms with Crippen molar-refractivity contribution in [3.8, 4) is 0 Å². The molecule has 1 saturated heterocycles. The maximum absolute atomic E-state index is 3.67. The zero-order chi connectivity index (χ0) is 16.1. The van der Waals surface area contributed by atoms with Crippen molar-refractivity contribution >= 4 is 45.9 Å². The number of hydrogen-bond donors (Lipinski definition) is 1. The van der Waals surface area contributed by atoms with Crippen molar-refractivity contribution in [1.82, 2.24) is 5.32 Å². The van der Waals surface area contributed by atoms with E-state index in [1.165, 1.54) is 16.9 Å². The summed E-state index contributed by atoms with van der Waals surface area (Å²) >= 11 is -0.0120. The van der Waals surface area contributed by atoms with Gasteiger partial charge in [-0.15, -0.1) is 0 Å². The van der Waals surface area contributed by atoms with Gasteiger partial charge in [-0.05, 0) is 0 Å². The maximum atomic E-state index is 3.67. The Morgan fingerprint density at radius 2 is 1.92 bits per heavy atom. The monoisotopic (exact) mass is 433 g/mol. The number of thioether (sulfide) groups is 1. The Hall–Kier alpha value is -1.06. The Morgan fingerprint density at radius 3 is 2.62 bits per heavy atom. The summed E-state index contributed by atoms with van der Waals surface area (Å²) in [5, 5.41) is 3.67. The molecular formula is C21H20InNS. The Balaban J connectivity index is 1.52. The first-order valence-electron chi connectivity index (χ1n) is 8.81. The van der Waals surface area contributed by atoms with Crippen LogP contribution in [0.15, 0.2) is 51.5 Å². The molecule has 0 aromatic heterocycles. The molecule has 0 atom stereocenters. The average molecular weight is 433 g/mol. The summed E-state index contributed by atoms with van der Waals surface area (Å²) in [5.74, 6) is 2.26. The van der Waals surface area contributed by atoms with E-state index in [2.05, 4.69) is 60.8 Å². The van der Waals surface area contributed by atoms with Gasteiger partial charge in [0.15, 0.2) is 0 Å². The normalized spacial score (nSPS) is 20.5. The molecule has 1 N–H and O–H groups in total. The van der Waals surface area contributed by atoms with Gasteiger partial charge in [0.25, 0.3) is 0 Å². The zero-order valence-corrected chi connectivity index (χ0v) is 18.0. The number of nitrogens with one attached hydrogen (secondary N) is 1. The number of hydrogen-bond acceptors (Lipinski definition) is 2. The van der Waals surface area contributed by atoms with Crippen LogP contribution in [0.5, 0.6) is 0 Å². The van der Waals surface area contributed by atoms with E-state index in [0.29, 0.717) is 0 Å². The number of allylic oxidation sites excluding steroid dienone is 1. The van der Waals surface area contributed by atoms with Crippen LogP contribution in [0.25, 0.3) is 9.41 Å². The molecule has 0 aliphatic carbocycles. The van der Waals surface area contributed by atoms with E-state index >= 15 is 0 Å². The van der Waals surface area contributed by atoms with E-state index in [1.54, 1.807) is 26.8 Å². The fourth-order valence-corrected chi connectivity index (χ4v) is 16.5. The van der Waals surface area contributed by atoms with Crippen LogP contribution >= 0.6 is 11.8 Å². The van der Waals surface area contributed by atoms with Crippen molar-refractivity contribution in [2.75, 3.05) is 11.6 Å². The first-order chi connectivity index (χ1) is 11.8. The molecule has 1 fully saturated rings. The number of benzene rings is 2. The molecule has 4 bridgehead atoms. The van der Waals surface area contributed by atoms with Gasteiger partial charge in [0.2, 0.25) is 0 Å². The first-order valence-corrected chi connectivity index (χ1v) is 14.9. The van der Waals surface area contributed by atoms with E-state index < -0.39 is 21.4 Å². The fourth-order valence-electron chi connectivity index (χ4n) is 4.33. The van der Waals surface area contributed by atoms with Crippen LogP contribution in [0.1, 0.15) is 29.2 Å². The first kappa shape index (κ1) is 15.2. The van der Waals surface area contributed by atoms with Crippen molar-refractivity contribution in [1.29, 1.82) is 0 Å². The van der Waals surface area contributed by atoms with Crippen LogP contribution in [-0.2, 0) is 12.8 Å². The van der Waals surface area contributed by atoms with E-state index in [-0.39, 0.29) is 0 Å². The standard InChI is InChI=1S/C21H20NS.In/c1-2-17-10-12-18(13-11-17)6-5-9-19-7-3-4-8-20(19)14-21-15-23-16-22-21;/h3-4,8-13,22H,2,6,15-16H2,1H3;. The van der Waals surface area contributed by atoms with Crippen LogP contribution in [-0.4, -0.2) is 33.1 Å². The average Bonchev–Trinajstić information content (AvgIpc) is 3.29. The molecule has 0 spiro atoms. The Bertz CT molecular complexity index is 871. The van der Waals surface area contributed by atoms with Crippen LogP contribution in [0.4, 0.5) is 0 Å². The zero-order valence-electron chi connectivity index (χ0n) is 13.9.